The van der Waals surface area contributed by atoms with E-state index in [1.807, 2.05) is 38.1 Å². The second-order valence-corrected chi connectivity index (χ2v) is 6.12. The van der Waals surface area contributed by atoms with Crippen LogP contribution >= 0.6 is 0 Å². The first-order valence-electron chi connectivity index (χ1n) is 8.66. The number of hydrogen-bond acceptors (Lipinski definition) is 4. The first kappa shape index (κ1) is 19.5. The van der Waals surface area contributed by atoms with Crippen LogP contribution in [0.25, 0.3) is 0 Å². The largest absolute Gasteiger partial charge is 0.493 e. The fraction of sp³-hybridized carbons (Fsp3) is 0.333. The summed E-state index contributed by atoms with van der Waals surface area (Å²) in [4.78, 5) is 25.2. The van der Waals surface area contributed by atoms with Crippen LogP contribution in [-0.4, -0.2) is 37.4 Å². The SMILES string of the molecule is CCCN(Cc1ccc(C)cc1)C(=O)COc1ccc(C=O)cc1OC. The molecule has 5 heteroatoms. The van der Waals surface area contributed by atoms with Crippen molar-refractivity contribution in [3.05, 3.63) is 59.2 Å². The summed E-state index contributed by atoms with van der Waals surface area (Å²) in [6.07, 6.45) is 1.61. The number of nitrogens with zero attached hydrogens (tertiary/aromatic N) is 1. The molecule has 0 saturated heterocycles. The van der Waals surface area contributed by atoms with Gasteiger partial charge in [-0.05, 0) is 37.1 Å². The molecule has 0 aromatic heterocycles. The maximum absolute atomic E-state index is 12.6. The van der Waals surface area contributed by atoms with E-state index in [1.54, 1.807) is 23.1 Å². The maximum atomic E-state index is 12.6. The topological polar surface area (TPSA) is 55.8 Å². The van der Waals surface area contributed by atoms with Crippen LogP contribution in [0.1, 0.15) is 34.8 Å². The predicted octanol–water partition coefficient (Wildman–Crippen LogP) is 3.63. The van der Waals surface area contributed by atoms with Crippen molar-refractivity contribution in [2.45, 2.75) is 26.8 Å². The molecule has 2 rings (SSSR count). The van der Waals surface area contributed by atoms with Gasteiger partial charge < -0.3 is 14.4 Å². The number of aldehydes is 1. The summed E-state index contributed by atoms with van der Waals surface area (Å²) < 4.78 is 10.9. The summed E-state index contributed by atoms with van der Waals surface area (Å²) in [5, 5.41) is 0. The standard InChI is InChI=1S/C21H25NO4/c1-4-11-22(13-17-7-5-16(2)6-8-17)21(24)15-26-19-10-9-18(14-23)12-20(19)25-3/h5-10,12,14H,4,11,13,15H2,1-3H3. The van der Waals surface area contributed by atoms with Crippen molar-refractivity contribution in [3.8, 4) is 11.5 Å². The maximum Gasteiger partial charge on any atom is 0.260 e. The van der Waals surface area contributed by atoms with Crippen LogP contribution < -0.4 is 9.47 Å². The molecule has 0 aliphatic heterocycles. The number of methoxy groups -OCH3 is 1. The first-order chi connectivity index (χ1) is 12.6. The quantitative estimate of drug-likeness (QED) is 0.645. The molecule has 0 aliphatic rings. The highest BCUT2D eigenvalue weighted by atomic mass is 16.5. The Morgan fingerprint density at radius 3 is 2.46 bits per heavy atom. The minimum atomic E-state index is -0.0889. The molecule has 5 nitrogen and oxygen atoms in total. The van der Waals surface area contributed by atoms with Crippen LogP contribution in [-0.2, 0) is 11.3 Å². The molecule has 0 heterocycles. The van der Waals surface area contributed by atoms with Crippen LogP contribution in [0.2, 0.25) is 0 Å². The number of ether oxygens (including phenoxy) is 2. The van der Waals surface area contributed by atoms with Gasteiger partial charge in [0.25, 0.3) is 5.91 Å². The van der Waals surface area contributed by atoms with Gasteiger partial charge in [0.15, 0.2) is 18.1 Å². The van der Waals surface area contributed by atoms with Crippen molar-refractivity contribution in [2.75, 3.05) is 20.3 Å². The number of carbonyl (C=O) groups excluding carboxylic acids is 2. The molecule has 0 bridgehead atoms. The van der Waals surface area contributed by atoms with Gasteiger partial charge in [-0.2, -0.15) is 0 Å². The van der Waals surface area contributed by atoms with Crippen LogP contribution in [0, 0.1) is 6.92 Å². The molecule has 2 aromatic rings. The zero-order valence-corrected chi connectivity index (χ0v) is 15.5. The molecule has 0 fully saturated rings. The Labute approximate surface area is 154 Å². The van der Waals surface area contributed by atoms with Gasteiger partial charge in [0, 0.05) is 18.7 Å². The highest BCUT2D eigenvalue weighted by molar-refractivity contribution is 5.78. The number of amides is 1. The Hall–Kier alpha value is -2.82. The van der Waals surface area contributed by atoms with Gasteiger partial charge in [-0.25, -0.2) is 0 Å². The van der Waals surface area contributed by atoms with Gasteiger partial charge in [0.2, 0.25) is 0 Å². The van der Waals surface area contributed by atoms with E-state index in [0.717, 1.165) is 18.3 Å². The molecular formula is C21H25NO4. The van der Waals surface area contributed by atoms with Gasteiger partial charge in [0.05, 0.1) is 7.11 Å². The minimum absolute atomic E-state index is 0.0807. The average Bonchev–Trinajstić information content (AvgIpc) is 2.67. The first-order valence-corrected chi connectivity index (χ1v) is 8.66. The third-order valence-electron chi connectivity index (χ3n) is 4.02. The van der Waals surface area contributed by atoms with Crippen LogP contribution in [0.3, 0.4) is 0 Å². The van der Waals surface area contributed by atoms with Gasteiger partial charge in [0.1, 0.15) is 6.29 Å². The number of carbonyl (C=O) groups is 2. The Balaban J connectivity index is 2.03. The molecule has 2 aromatic carbocycles. The van der Waals surface area contributed by atoms with E-state index in [4.69, 9.17) is 9.47 Å². The normalized spacial score (nSPS) is 10.3. The van der Waals surface area contributed by atoms with E-state index in [2.05, 4.69) is 0 Å². The molecule has 0 spiro atoms. The Kier molecular flexibility index (Phi) is 7.21. The molecule has 0 radical (unpaired) electrons. The lowest BCUT2D eigenvalue weighted by atomic mass is 10.1. The summed E-state index contributed by atoms with van der Waals surface area (Å²) >= 11 is 0. The third kappa shape index (κ3) is 5.34. The zero-order chi connectivity index (χ0) is 18.9. The Morgan fingerprint density at radius 1 is 1.12 bits per heavy atom. The Morgan fingerprint density at radius 2 is 1.85 bits per heavy atom. The van der Waals surface area contributed by atoms with E-state index < -0.39 is 0 Å². The predicted molar refractivity (Wildman–Crippen MR) is 101 cm³/mol. The van der Waals surface area contributed by atoms with Crippen LogP contribution in [0.15, 0.2) is 42.5 Å². The summed E-state index contributed by atoms with van der Waals surface area (Å²) in [6, 6.07) is 13.0. The fourth-order valence-electron chi connectivity index (χ4n) is 2.58. The highest BCUT2D eigenvalue weighted by Gasteiger charge is 2.15. The lowest BCUT2D eigenvalue weighted by molar-refractivity contribution is -0.134. The molecule has 0 saturated carbocycles. The highest BCUT2D eigenvalue weighted by Crippen LogP contribution is 2.27. The van der Waals surface area contributed by atoms with Crippen molar-refractivity contribution in [1.82, 2.24) is 4.90 Å². The van der Waals surface area contributed by atoms with E-state index in [-0.39, 0.29) is 12.5 Å². The smallest absolute Gasteiger partial charge is 0.260 e. The Bertz CT molecular complexity index is 740. The molecule has 0 aliphatic carbocycles. The third-order valence-corrected chi connectivity index (χ3v) is 4.02. The lowest BCUT2D eigenvalue weighted by Crippen LogP contribution is -2.35. The van der Waals surface area contributed by atoms with Crippen molar-refractivity contribution in [2.24, 2.45) is 0 Å². The monoisotopic (exact) mass is 355 g/mol. The molecule has 138 valence electrons. The van der Waals surface area contributed by atoms with E-state index >= 15 is 0 Å². The molecular weight excluding hydrogens is 330 g/mol. The second kappa shape index (κ2) is 9.61. The van der Waals surface area contributed by atoms with Gasteiger partial charge in [-0.1, -0.05) is 36.8 Å². The van der Waals surface area contributed by atoms with Crippen molar-refractivity contribution < 1.29 is 19.1 Å². The van der Waals surface area contributed by atoms with Gasteiger partial charge >= 0.3 is 0 Å². The van der Waals surface area contributed by atoms with E-state index in [1.165, 1.54) is 12.7 Å². The molecule has 0 unspecified atom stereocenters. The number of aryl methyl sites for hydroxylation is 1. The fourth-order valence-corrected chi connectivity index (χ4v) is 2.58. The molecule has 0 atom stereocenters. The van der Waals surface area contributed by atoms with E-state index in [9.17, 15) is 9.59 Å². The second-order valence-electron chi connectivity index (χ2n) is 6.12. The summed E-state index contributed by atoms with van der Waals surface area (Å²) in [7, 11) is 1.50. The van der Waals surface area contributed by atoms with Gasteiger partial charge in [-0.3, -0.25) is 9.59 Å². The van der Waals surface area contributed by atoms with Crippen LogP contribution in [0.5, 0.6) is 11.5 Å². The summed E-state index contributed by atoms with van der Waals surface area (Å²) in [5.74, 6) is 0.787. The molecule has 0 N–H and O–H groups in total. The van der Waals surface area contributed by atoms with Crippen molar-refractivity contribution >= 4 is 12.2 Å². The number of benzene rings is 2. The molecule has 1 amide bonds. The molecule has 26 heavy (non-hydrogen) atoms. The minimum Gasteiger partial charge on any atom is -0.493 e. The summed E-state index contributed by atoms with van der Waals surface area (Å²) in [5.41, 5.74) is 2.77. The zero-order valence-electron chi connectivity index (χ0n) is 15.5. The lowest BCUT2D eigenvalue weighted by Gasteiger charge is -2.22. The number of hydrogen-bond donors (Lipinski definition) is 0. The number of rotatable bonds is 9. The van der Waals surface area contributed by atoms with Crippen molar-refractivity contribution in [3.63, 3.8) is 0 Å². The van der Waals surface area contributed by atoms with E-state index in [0.29, 0.717) is 30.2 Å². The van der Waals surface area contributed by atoms with Gasteiger partial charge in [-0.15, -0.1) is 0 Å². The van der Waals surface area contributed by atoms with Crippen molar-refractivity contribution in [1.29, 1.82) is 0 Å². The average molecular weight is 355 g/mol. The summed E-state index contributed by atoms with van der Waals surface area (Å²) in [6.45, 7) is 5.21. The van der Waals surface area contributed by atoms with Crippen LogP contribution in [0.4, 0.5) is 0 Å².